The molecule has 162 valence electrons. The Morgan fingerprint density at radius 3 is 2.72 bits per heavy atom. The monoisotopic (exact) mass is 414 g/mol. The molecule has 29 heavy (non-hydrogen) atoms. The lowest BCUT2D eigenvalue weighted by Gasteiger charge is -2.29. The van der Waals surface area contributed by atoms with E-state index in [9.17, 15) is 18.4 Å². The molecule has 0 spiro atoms. The Kier molecular flexibility index (Phi) is 8.30. The zero-order valence-electron chi connectivity index (χ0n) is 16.9. The molecule has 10 heteroatoms. The van der Waals surface area contributed by atoms with Gasteiger partial charge in [0.2, 0.25) is 5.91 Å². The highest BCUT2D eigenvalue weighted by atomic mass is 19.3. The van der Waals surface area contributed by atoms with Gasteiger partial charge in [-0.05, 0) is 25.1 Å². The Bertz CT molecular complexity index is 717. The number of carbonyl (C=O) groups is 2. The van der Waals surface area contributed by atoms with E-state index in [4.69, 9.17) is 10.5 Å². The Labute approximate surface area is 168 Å². The topological polar surface area (TPSA) is 97.1 Å². The summed E-state index contributed by atoms with van der Waals surface area (Å²) in [7, 11) is 1.78. The number of amides is 2. The van der Waals surface area contributed by atoms with E-state index in [1.54, 1.807) is 13.1 Å². The molecule has 1 aromatic rings. The van der Waals surface area contributed by atoms with Crippen LogP contribution < -0.4 is 20.7 Å². The first-order valence-electron chi connectivity index (χ1n) is 9.41. The van der Waals surface area contributed by atoms with Gasteiger partial charge >= 0.3 is 6.61 Å². The molecule has 1 fully saturated rings. The van der Waals surface area contributed by atoms with Crippen LogP contribution in [0.5, 0.6) is 5.75 Å². The second-order valence-corrected chi connectivity index (χ2v) is 7.23. The van der Waals surface area contributed by atoms with Crippen LogP contribution in [-0.4, -0.2) is 69.3 Å². The number of nitrogens with one attached hydrogen (secondary N) is 1. The van der Waals surface area contributed by atoms with Crippen molar-refractivity contribution in [3.63, 3.8) is 0 Å². The second-order valence-electron chi connectivity index (χ2n) is 7.23. The molecule has 0 aliphatic carbocycles. The molecular weight excluding hydrogens is 386 g/mol. The molecule has 0 aromatic heterocycles. The van der Waals surface area contributed by atoms with Crippen molar-refractivity contribution in [1.29, 1.82) is 0 Å². The minimum absolute atomic E-state index is 0.0699. The largest absolute Gasteiger partial charge is 0.433 e. The molecule has 8 nitrogen and oxygen atoms in total. The maximum Gasteiger partial charge on any atom is 0.387 e. The fraction of sp³-hybridized carbons (Fsp3) is 0.579. The fourth-order valence-corrected chi connectivity index (χ4v) is 3.17. The van der Waals surface area contributed by atoms with Gasteiger partial charge in [-0.3, -0.25) is 14.5 Å². The molecule has 2 amide bonds. The van der Waals surface area contributed by atoms with Gasteiger partial charge in [0.05, 0.1) is 12.3 Å². The molecule has 1 heterocycles. The number of carbonyl (C=O) groups excluding carboxylic acids is 2. The summed E-state index contributed by atoms with van der Waals surface area (Å²) in [5.74, 6) is -0.614. The number of anilines is 2. The molecule has 1 aromatic carbocycles. The first-order chi connectivity index (χ1) is 13.7. The molecule has 1 atom stereocenters. The Morgan fingerprint density at radius 2 is 2.14 bits per heavy atom. The molecule has 2 rings (SSSR count). The highest BCUT2D eigenvalue weighted by molar-refractivity contribution is 5.98. The van der Waals surface area contributed by atoms with E-state index in [1.807, 2.05) is 18.7 Å². The zero-order valence-corrected chi connectivity index (χ0v) is 16.9. The Morgan fingerprint density at radius 1 is 1.41 bits per heavy atom. The summed E-state index contributed by atoms with van der Waals surface area (Å²) in [4.78, 5) is 27.9. The maximum atomic E-state index is 12.9. The lowest BCUT2D eigenvalue weighted by Crippen LogP contribution is -2.48. The number of rotatable bonds is 9. The van der Waals surface area contributed by atoms with E-state index in [2.05, 4.69) is 10.1 Å². The molecule has 1 saturated heterocycles. The van der Waals surface area contributed by atoms with Gasteiger partial charge in [-0.2, -0.15) is 8.78 Å². The van der Waals surface area contributed by atoms with Crippen LogP contribution in [0.25, 0.3) is 0 Å². The van der Waals surface area contributed by atoms with Crippen LogP contribution in [0.2, 0.25) is 0 Å². The van der Waals surface area contributed by atoms with Gasteiger partial charge in [-0.1, -0.05) is 13.8 Å². The zero-order chi connectivity index (χ0) is 21.6. The summed E-state index contributed by atoms with van der Waals surface area (Å²) >= 11 is 0. The number of nitrogens with two attached hydrogens (primary N) is 1. The number of alkyl halides is 2. The van der Waals surface area contributed by atoms with Gasteiger partial charge in [0.15, 0.2) is 5.75 Å². The average molecular weight is 414 g/mol. The van der Waals surface area contributed by atoms with Crippen LogP contribution in [0.3, 0.4) is 0 Å². The van der Waals surface area contributed by atoms with Crippen molar-refractivity contribution >= 4 is 23.2 Å². The minimum atomic E-state index is -3.09. The van der Waals surface area contributed by atoms with Crippen LogP contribution in [0.15, 0.2) is 18.2 Å². The lowest BCUT2D eigenvalue weighted by atomic mass is 10.1. The number of likely N-dealkylation sites (N-methyl/N-ethyl adjacent to an activating group) is 1. The van der Waals surface area contributed by atoms with Crippen molar-refractivity contribution in [2.45, 2.75) is 26.5 Å². The van der Waals surface area contributed by atoms with Gasteiger partial charge in [-0.15, -0.1) is 0 Å². The summed E-state index contributed by atoms with van der Waals surface area (Å²) in [5, 5.41) is 2.62. The number of hydrogen-bond acceptors (Lipinski definition) is 6. The molecule has 0 bridgehead atoms. The number of halogens is 2. The van der Waals surface area contributed by atoms with Crippen LogP contribution in [0.1, 0.15) is 13.8 Å². The first kappa shape index (κ1) is 23.0. The van der Waals surface area contributed by atoms with Gasteiger partial charge < -0.3 is 25.4 Å². The number of hydrogen-bond donors (Lipinski definition) is 2. The summed E-state index contributed by atoms with van der Waals surface area (Å²) in [6, 6.07) is 3.67. The molecule has 1 aliphatic rings. The van der Waals surface area contributed by atoms with Crippen molar-refractivity contribution in [2.24, 2.45) is 11.7 Å². The van der Waals surface area contributed by atoms with Crippen molar-refractivity contribution in [2.75, 3.05) is 50.1 Å². The normalized spacial score (nSPS) is 15.9. The SMILES string of the molecule is CC(C)CN(C)[C@H](CN)C(=O)Nc1ccc(N2CCOCC2=O)cc1OC(F)F. The second kappa shape index (κ2) is 10.5. The summed E-state index contributed by atoms with van der Waals surface area (Å²) < 4.78 is 35.5. The van der Waals surface area contributed by atoms with Crippen LogP contribution in [0, 0.1) is 5.92 Å². The third-order valence-corrected chi connectivity index (χ3v) is 4.45. The van der Waals surface area contributed by atoms with E-state index in [1.165, 1.54) is 17.0 Å². The minimum Gasteiger partial charge on any atom is -0.433 e. The first-order valence-corrected chi connectivity index (χ1v) is 9.41. The Hall–Kier alpha value is -2.30. The molecule has 0 radical (unpaired) electrons. The summed E-state index contributed by atoms with van der Waals surface area (Å²) in [6.45, 7) is 2.22. The number of ether oxygens (including phenoxy) is 2. The van der Waals surface area contributed by atoms with Crippen LogP contribution in [-0.2, 0) is 14.3 Å². The average Bonchev–Trinajstić information content (AvgIpc) is 2.63. The molecule has 0 unspecified atom stereocenters. The van der Waals surface area contributed by atoms with Gasteiger partial charge in [0.1, 0.15) is 12.6 Å². The quantitative estimate of drug-likeness (QED) is 0.636. The highest BCUT2D eigenvalue weighted by Crippen LogP contribution is 2.32. The third-order valence-electron chi connectivity index (χ3n) is 4.45. The van der Waals surface area contributed by atoms with Gasteiger partial charge in [0.25, 0.3) is 5.91 Å². The van der Waals surface area contributed by atoms with E-state index in [0.717, 1.165) is 0 Å². The molecular formula is C19H28F2N4O4. The predicted molar refractivity (Wildman–Crippen MR) is 105 cm³/mol. The van der Waals surface area contributed by atoms with E-state index in [-0.39, 0.29) is 30.5 Å². The molecule has 1 aliphatic heterocycles. The van der Waals surface area contributed by atoms with Crippen LogP contribution in [0.4, 0.5) is 20.2 Å². The Balaban J connectivity index is 2.24. The number of morpholine rings is 1. The predicted octanol–water partition coefficient (Wildman–Crippen LogP) is 1.50. The van der Waals surface area contributed by atoms with E-state index in [0.29, 0.717) is 31.3 Å². The number of nitrogens with zero attached hydrogens (tertiary/aromatic N) is 2. The van der Waals surface area contributed by atoms with Crippen LogP contribution >= 0.6 is 0 Å². The highest BCUT2D eigenvalue weighted by Gasteiger charge is 2.25. The number of benzene rings is 1. The molecule has 0 saturated carbocycles. The van der Waals surface area contributed by atoms with Gasteiger partial charge in [0, 0.05) is 31.4 Å². The fourth-order valence-electron chi connectivity index (χ4n) is 3.17. The lowest BCUT2D eigenvalue weighted by molar-refractivity contribution is -0.125. The van der Waals surface area contributed by atoms with Crippen molar-refractivity contribution in [1.82, 2.24) is 4.90 Å². The smallest absolute Gasteiger partial charge is 0.387 e. The van der Waals surface area contributed by atoms with Crippen molar-refractivity contribution in [3.05, 3.63) is 18.2 Å². The third kappa shape index (κ3) is 6.34. The van der Waals surface area contributed by atoms with Gasteiger partial charge in [-0.25, -0.2) is 0 Å². The summed E-state index contributed by atoms with van der Waals surface area (Å²) in [6.07, 6.45) is 0. The summed E-state index contributed by atoms with van der Waals surface area (Å²) in [5.41, 5.74) is 6.22. The molecule has 3 N–H and O–H groups in total. The maximum absolute atomic E-state index is 12.9. The van der Waals surface area contributed by atoms with E-state index < -0.39 is 18.6 Å². The van der Waals surface area contributed by atoms with Crippen molar-refractivity contribution < 1.29 is 27.8 Å². The standard InChI is InChI=1S/C19H28F2N4O4/c1-12(2)10-24(3)15(9-22)18(27)23-14-5-4-13(8-16(14)29-19(20)21)25-6-7-28-11-17(25)26/h4-5,8,12,15,19H,6-7,9-11,22H2,1-3H3,(H,23,27)/t15-/m1/s1. The van der Waals surface area contributed by atoms with Crippen molar-refractivity contribution in [3.8, 4) is 5.75 Å². The van der Waals surface area contributed by atoms with E-state index >= 15 is 0 Å².